The molecule has 1 aliphatic rings. The Bertz CT molecular complexity index is 569. The van der Waals surface area contributed by atoms with Gasteiger partial charge in [0, 0.05) is 17.8 Å². The van der Waals surface area contributed by atoms with Gasteiger partial charge in [-0.2, -0.15) is 8.78 Å². The summed E-state index contributed by atoms with van der Waals surface area (Å²) < 4.78 is 27.8. The summed E-state index contributed by atoms with van der Waals surface area (Å²) in [4.78, 5) is 23.3. The van der Waals surface area contributed by atoms with Crippen LogP contribution in [0.3, 0.4) is 0 Å². The highest BCUT2D eigenvalue weighted by Gasteiger charge is 2.61. The van der Waals surface area contributed by atoms with E-state index in [1.165, 1.54) is 24.3 Å². The third-order valence-corrected chi connectivity index (χ3v) is 3.79. The van der Waals surface area contributed by atoms with Gasteiger partial charge in [-0.15, -0.1) is 0 Å². The Hall–Kier alpha value is -2.02. The minimum Gasteiger partial charge on any atom is -0.383 e. The largest absolute Gasteiger partial charge is 0.383 e. The molecule has 0 spiro atoms. The summed E-state index contributed by atoms with van der Waals surface area (Å²) in [5.41, 5.74) is -1.75. The van der Waals surface area contributed by atoms with Crippen molar-refractivity contribution in [3.05, 3.63) is 29.8 Å². The summed E-state index contributed by atoms with van der Waals surface area (Å²) in [5, 5.41) is 14.4. The van der Waals surface area contributed by atoms with Crippen LogP contribution in [-0.4, -0.2) is 35.0 Å². The molecule has 0 heterocycles. The molecule has 0 unspecified atom stereocenters. The Labute approximate surface area is 126 Å². The molecule has 2 rings (SSSR count). The molecule has 22 heavy (non-hydrogen) atoms. The van der Waals surface area contributed by atoms with Gasteiger partial charge >= 0.3 is 5.92 Å². The lowest BCUT2D eigenvalue weighted by molar-refractivity contribution is -0.212. The van der Waals surface area contributed by atoms with Crippen LogP contribution in [0.25, 0.3) is 0 Å². The number of alkyl halides is 2. The second-order valence-electron chi connectivity index (χ2n) is 5.35. The zero-order valence-corrected chi connectivity index (χ0v) is 12.2. The summed E-state index contributed by atoms with van der Waals surface area (Å²) in [6, 6.07) is 5.58. The molecule has 0 bridgehead atoms. The fraction of sp³-hybridized carbons (Fsp3) is 0.467. The lowest BCUT2D eigenvalue weighted by atomic mass is 9.75. The van der Waals surface area contributed by atoms with Crippen molar-refractivity contribution in [1.82, 2.24) is 5.32 Å². The molecule has 5 nitrogen and oxygen atoms in total. The van der Waals surface area contributed by atoms with E-state index in [1.54, 1.807) is 6.92 Å². The van der Waals surface area contributed by atoms with Gasteiger partial charge in [-0.1, -0.05) is 0 Å². The van der Waals surface area contributed by atoms with E-state index in [-0.39, 0.29) is 24.4 Å². The van der Waals surface area contributed by atoms with Crippen LogP contribution in [0.15, 0.2) is 24.3 Å². The molecular weight excluding hydrogens is 294 g/mol. The number of halogens is 2. The van der Waals surface area contributed by atoms with Crippen LogP contribution >= 0.6 is 0 Å². The van der Waals surface area contributed by atoms with Gasteiger partial charge in [0.1, 0.15) is 5.60 Å². The molecule has 0 aromatic heterocycles. The van der Waals surface area contributed by atoms with Gasteiger partial charge in [-0.25, -0.2) is 0 Å². The Morgan fingerprint density at radius 2 is 1.86 bits per heavy atom. The smallest absolute Gasteiger partial charge is 0.352 e. The fourth-order valence-electron chi connectivity index (χ4n) is 2.21. The van der Waals surface area contributed by atoms with Gasteiger partial charge in [-0.05, 0) is 50.5 Å². The van der Waals surface area contributed by atoms with Crippen LogP contribution in [0.5, 0.6) is 0 Å². The van der Waals surface area contributed by atoms with E-state index in [4.69, 9.17) is 0 Å². The summed E-state index contributed by atoms with van der Waals surface area (Å²) in [6.07, 6.45) is 0.285. The lowest BCUT2D eigenvalue weighted by Gasteiger charge is -2.41. The molecule has 0 saturated heterocycles. The van der Waals surface area contributed by atoms with Gasteiger partial charge in [0.15, 0.2) is 0 Å². The highest BCUT2D eigenvalue weighted by Crippen LogP contribution is 2.44. The SMILES string of the molecule is CCNC(=O)c1ccc(NC(=O)C(F)(F)C2(O)CCC2)cc1. The zero-order valence-electron chi connectivity index (χ0n) is 12.2. The van der Waals surface area contributed by atoms with Gasteiger partial charge in [-0.3, -0.25) is 9.59 Å². The van der Waals surface area contributed by atoms with Gasteiger partial charge in [0.25, 0.3) is 11.8 Å². The third kappa shape index (κ3) is 2.94. The fourth-order valence-corrected chi connectivity index (χ4v) is 2.21. The van der Waals surface area contributed by atoms with Gasteiger partial charge < -0.3 is 15.7 Å². The first kappa shape index (κ1) is 16.4. The minimum atomic E-state index is -3.84. The van der Waals surface area contributed by atoms with Gasteiger partial charge in [0.05, 0.1) is 0 Å². The molecule has 1 aromatic carbocycles. The zero-order chi connectivity index (χ0) is 16.4. The first-order chi connectivity index (χ1) is 10.3. The van der Waals surface area contributed by atoms with Crippen LogP contribution < -0.4 is 10.6 Å². The topological polar surface area (TPSA) is 78.4 Å². The Morgan fingerprint density at radius 1 is 1.27 bits per heavy atom. The molecule has 7 heteroatoms. The maximum atomic E-state index is 13.9. The predicted octanol–water partition coefficient (Wildman–Crippen LogP) is 1.93. The highest BCUT2D eigenvalue weighted by molar-refractivity contribution is 5.98. The van der Waals surface area contributed by atoms with E-state index in [1.807, 2.05) is 0 Å². The number of benzene rings is 1. The normalized spacial score (nSPS) is 16.5. The van der Waals surface area contributed by atoms with Crippen LogP contribution in [0.4, 0.5) is 14.5 Å². The molecule has 0 radical (unpaired) electrons. The number of anilines is 1. The van der Waals surface area contributed by atoms with Crippen molar-refractivity contribution in [2.75, 3.05) is 11.9 Å². The number of amides is 2. The van der Waals surface area contributed by atoms with Crippen molar-refractivity contribution in [1.29, 1.82) is 0 Å². The molecule has 1 saturated carbocycles. The number of rotatable bonds is 5. The van der Waals surface area contributed by atoms with Crippen molar-refractivity contribution in [3.8, 4) is 0 Å². The van der Waals surface area contributed by atoms with E-state index in [0.29, 0.717) is 18.5 Å². The second kappa shape index (κ2) is 6.00. The summed E-state index contributed by atoms with van der Waals surface area (Å²) in [5.74, 6) is -5.67. The van der Waals surface area contributed by atoms with E-state index in [0.717, 1.165) is 0 Å². The number of hydrogen-bond donors (Lipinski definition) is 3. The van der Waals surface area contributed by atoms with Crippen molar-refractivity contribution >= 4 is 17.5 Å². The van der Waals surface area contributed by atoms with Crippen molar-refractivity contribution < 1.29 is 23.5 Å². The lowest BCUT2D eigenvalue weighted by Crippen LogP contribution is -2.59. The maximum absolute atomic E-state index is 13.9. The summed E-state index contributed by atoms with van der Waals surface area (Å²) in [7, 11) is 0. The van der Waals surface area contributed by atoms with Crippen LogP contribution in [0, 0.1) is 0 Å². The number of carbonyl (C=O) groups excluding carboxylic acids is 2. The average Bonchev–Trinajstić information content (AvgIpc) is 2.45. The van der Waals surface area contributed by atoms with Gasteiger partial charge in [0.2, 0.25) is 0 Å². The van der Waals surface area contributed by atoms with Crippen molar-refractivity contribution in [3.63, 3.8) is 0 Å². The summed E-state index contributed by atoms with van der Waals surface area (Å²) in [6.45, 7) is 2.25. The molecule has 1 aromatic rings. The molecule has 120 valence electrons. The maximum Gasteiger partial charge on any atom is 0.352 e. The standard InChI is InChI=1S/C15H18F2N2O3/c1-2-18-12(20)10-4-6-11(7-5-10)19-13(21)15(16,17)14(22)8-3-9-14/h4-7,22H,2-3,8-9H2,1H3,(H,18,20)(H,19,21). The van der Waals surface area contributed by atoms with E-state index >= 15 is 0 Å². The number of nitrogens with one attached hydrogen (secondary N) is 2. The minimum absolute atomic E-state index is 0.0937. The second-order valence-corrected chi connectivity index (χ2v) is 5.35. The quantitative estimate of drug-likeness (QED) is 0.777. The first-order valence-corrected chi connectivity index (χ1v) is 7.10. The molecule has 0 atom stereocenters. The molecule has 1 fully saturated rings. The van der Waals surface area contributed by atoms with E-state index < -0.39 is 17.4 Å². The number of aliphatic hydroxyl groups is 1. The van der Waals surface area contributed by atoms with E-state index in [2.05, 4.69) is 10.6 Å². The molecular formula is C15H18F2N2O3. The average molecular weight is 312 g/mol. The Morgan fingerprint density at radius 3 is 2.32 bits per heavy atom. The third-order valence-electron chi connectivity index (χ3n) is 3.79. The van der Waals surface area contributed by atoms with E-state index in [9.17, 15) is 23.5 Å². The first-order valence-electron chi connectivity index (χ1n) is 7.10. The Balaban J connectivity index is 2.04. The monoisotopic (exact) mass is 312 g/mol. The highest BCUT2D eigenvalue weighted by atomic mass is 19.3. The van der Waals surface area contributed by atoms with Crippen LogP contribution in [0.2, 0.25) is 0 Å². The van der Waals surface area contributed by atoms with Crippen LogP contribution in [-0.2, 0) is 4.79 Å². The Kier molecular flexibility index (Phi) is 4.46. The predicted molar refractivity (Wildman–Crippen MR) is 76.8 cm³/mol. The summed E-state index contributed by atoms with van der Waals surface area (Å²) >= 11 is 0. The van der Waals surface area contributed by atoms with Crippen molar-refractivity contribution in [2.45, 2.75) is 37.7 Å². The van der Waals surface area contributed by atoms with Crippen molar-refractivity contribution in [2.24, 2.45) is 0 Å². The molecule has 3 N–H and O–H groups in total. The molecule has 2 amide bonds. The molecule has 0 aliphatic heterocycles. The molecule has 1 aliphatic carbocycles. The van der Waals surface area contributed by atoms with Crippen LogP contribution in [0.1, 0.15) is 36.5 Å². The number of hydrogen-bond acceptors (Lipinski definition) is 3. The number of carbonyl (C=O) groups is 2.